The molecule has 0 unspecified atom stereocenters. The van der Waals surface area contributed by atoms with Gasteiger partial charge >= 0.3 is 12.2 Å². The van der Waals surface area contributed by atoms with E-state index < -0.39 is 29.9 Å². The van der Waals surface area contributed by atoms with Crippen LogP contribution in [0.2, 0.25) is 0 Å². The quantitative estimate of drug-likeness (QED) is 0.419. The summed E-state index contributed by atoms with van der Waals surface area (Å²) in [6.45, 7) is 7.59. The minimum Gasteiger partial charge on any atom is -0.497 e. The lowest BCUT2D eigenvalue weighted by Crippen LogP contribution is -2.57. The van der Waals surface area contributed by atoms with Gasteiger partial charge in [0.15, 0.2) is 0 Å². The molecule has 9 nitrogen and oxygen atoms in total. The topological polar surface area (TPSA) is 112 Å². The molecule has 0 radical (unpaired) electrons. The molecule has 9 heteroatoms. The Kier molecular flexibility index (Phi) is 11.2. The maximum atomic E-state index is 12.5. The number of methoxy groups -OCH3 is 1. The van der Waals surface area contributed by atoms with Crippen LogP contribution in [0, 0.1) is 5.92 Å². The molecule has 196 valence electrons. The Labute approximate surface area is 212 Å². The zero-order chi connectivity index (χ0) is 26.6. The molecule has 2 N–H and O–H groups in total. The van der Waals surface area contributed by atoms with E-state index >= 15 is 0 Å². The first-order valence-electron chi connectivity index (χ1n) is 11.7. The molecule has 2 rings (SSSR count). The number of alkyl carbamates (subject to hydrolysis) is 2. The fourth-order valence-electron chi connectivity index (χ4n) is 3.33. The molecule has 2 amide bonds. The van der Waals surface area contributed by atoms with Crippen LogP contribution in [0.25, 0.3) is 0 Å². The predicted molar refractivity (Wildman–Crippen MR) is 135 cm³/mol. The number of hydrogen-bond acceptors (Lipinski definition) is 7. The summed E-state index contributed by atoms with van der Waals surface area (Å²) in [6, 6.07) is 14.7. The van der Waals surface area contributed by atoms with E-state index in [1.807, 2.05) is 61.5 Å². The standard InChI is InChI=1S/C27H36N2O7/c1-19(16-34-17-21-11-13-22(33-5)14-12-21)24(29-26(32)36-27(2,3)4)23(15-30)28-25(31)35-18-20-9-7-6-8-10-20/h6-15,19,23-24H,16-18H2,1-5H3,(H,28,31)(H,29,32)/t19-,23+,24+/m0/s1. The first-order chi connectivity index (χ1) is 17.1. The van der Waals surface area contributed by atoms with Crippen LogP contribution in [0.15, 0.2) is 54.6 Å². The van der Waals surface area contributed by atoms with Crippen LogP contribution in [0.5, 0.6) is 5.75 Å². The van der Waals surface area contributed by atoms with Gasteiger partial charge in [0.1, 0.15) is 30.3 Å². The van der Waals surface area contributed by atoms with Crippen LogP contribution in [0.4, 0.5) is 9.59 Å². The van der Waals surface area contributed by atoms with E-state index in [1.165, 1.54) is 0 Å². The highest BCUT2D eigenvalue weighted by Gasteiger charge is 2.32. The van der Waals surface area contributed by atoms with Gasteiger partial charge in [0.05, 0.1) is 26.4 Å². The number of benzene rings is 2. The Bertz CT molecular complexity index is 958. The summed E-state index contributed by atoms with van der Waals surface area (Å²) >= 11 is 0. The third-order valence-corrected chi connectivity index (χ3v) is 5.14. The van der Waals surface area contributed by atoms with Crippen LogP contribution in [0.1, 0.15) is 38.8 Å². The van der Waals surface area contributed by atoms with E-state index in [1.54, 1.807) is 27.9 Å². The van der Waals surface area contributed by atoms with Gasteiger partial charge in [-0.15, -0.1) is 0 Å². The molecule has 0 saturated heterocycles. The van der Waals surface area contributed by atoms with Gasteiger partial charge in [0.25, 0.3) is 0 Å². The number of carbonyl (C=O) groups excluding carboxylic acids is 3. The van der Waals surface area contributed by atoms with Crippen molar-refractivity contribution < 1.29 is 33.3 Å². The molecule has 0 aliphatic carbocycles. The monoisotopic (exact) mass is 500 g/mol. The van der Waals surface area contributed by atoms with Crippen molar-refractivity contribution in [1.29, 1.82) is 0 Å². The number of carbonyl (C=O) groups is 3. The van der Waals surface area contributed by atoms with Crippen LogP contribution < -0.4 is 15.4 Å². The van der Waals surface area contributed by atoms with Crippen molar-refractivity contribution in [2.75, 3.05) is 13.7 Å². The van der Waals surface area contributed by atoms with Gasteiger partial charge in [0, 0.05) is 5.92 Å². The zero-order valence-electron chi connectivity index (χ0n) is 21.5. The summed E-state index contributed by atoms with van der Waals surface area (Å²) in [5.74, 6) is 0.383. The minimum absolute atomic E-state index is 0.0446. The smallest absolute Gasteiger partial charge is 0.408 e. The summed E-state index contributed by atoms with van der Waals surface area (Å²) in [6.07, 6.45) is -0.926. The Morgan fingerprint density at radius 3 is 2.14 bits per heavy atom. The lowest BCUT2D eigenvalue weighted by Gasteiger charge is -2.31. The molecule has 0 aliphatic rings. The fourth-order valence-corrected chi connectivity index (χ4v) is 3.33. The average molecular weight is 501 g/mol. The number of amides is 2. The van der Waals surface area contributed by atoms with Gasteiger partial charge in [-0.05, 0) is 44.0 Å². The van der Waals surface area contributed by atoms with E-state index in [2.05, 4.69) is 10.6 Å². The number of nitrogens with one attached hydrogen (secondary N) is 2. The van der Waals surface area contributed by atoms with Crippen molar-refractivity contribution in [3.63, 3.8) is 0 Å². The van der Waals surface area contributed by atoms with Crippen molar-refractivity contribution in [2.45, 2.75) is 58.6 Å². The van der Waals surface area contributed by atoms with Gasteiger partial charge in [-0.1, -0.05) is 49.4 Å². The average Bonchev–Trinajstić information content (AvgIpc) is 2.84. The van der Waals surface area contributed by atoms with Gasteiger partial charge in [-0.2, -0.15) is 0 Å². The van der Waals surface area contributed by atoms with E-state index in [-0.39, 0.29) is 19.1 Å². The Hall–Kier alpha value is -3.59. The summed E-state index contributed by atoms with van der Waals surface area (Å²) in [7, 11) is 1.60. The molecule has 0 saturated carbocycles. The van der Waals surface area contributed by atoms with Crippen LogP contribution in [0.3, 0.4) is 0 Å². The summed E-state index contributed by atoms with van der Waals surface area (Å²) in [4.78, 5) is 36.9. The normalized spacial score (nSPS) is 13.6. The highest BCUT2D eigenvalue weighted by Crippen LogP contribution is 2.15. The second-order valence-electron chi connectivity index (χ2n) is 9.38. The fraction of sp³-hybridized carbons (Fsp3) is 0.444. The van der Waals surface area contributed by atoms with Crippen molar-refractivity contribution in [1.82, 2.24) is 10.6 Å². The Balaban J connectivity index is 2.02. The molecule has 0 fully saturated rings. The van der Waals surface area contributed by atoms with Crippen LogP contribution >= 0.6 is 0 Å². The SMILES string of the molecule is COc1ccc(COC[C@H](C)[C@@H](NC(=O)OC(C)(C)C)[C@@H](C=O)NC(=O)OCc2ccccc2)cc1. The van der Waals surface area contributed by atoms with Crippen molar-refractivity contribution in [2.24, 2.45) is 5.92 Å². The van der Waals surface area contributed by atoms with Crippen LogP contribution in [-0.2, 0) is 32.2 Å². The summed E-state index contributed by atoms with van der Waals surface area (Å²) in [5, 5.41) is 5.25. The molecule has 0 aromatic heterocycles. The largest absolute Gasteiger partial charge is 0.497 e. The first kappa shape index (κ1) is 28.6. The molecule has 0 heterocycles. The van der Waals surface area contributed by atoms with Gasteiger partial charge in [-0.3, -0.25) is 0 Å². The van der Waals surface area contributed by atoms with Crippen molar-refractivity contribution in [3.8, 4) is 5.75 Å². The second kappa shape index (κ2) is 14.1. The van der Waals surface area contributed by atoms with Crippen molar-refractivity contribution >= 4 is 18.5 Å². The number of hydrogen-bond donors (Lipinski definition) is 2. The van der Waals surface area contributed by atoms with Crippen molar-refractivity contribution in [3.05, 3.63) is 65.7 Å². The second-order valence-corrected chi connectivity index (χ2v) is 9.38. The highest BCUT2D eigenvalue weighted by molar-refractivity contribution is 5.75. The molecular formula is C27H36N2O7. The maximum Gasteiger partial charge on any atom is 0.408 e. The minimum atomic E-state index is -1.07. The first-order valence-corrected chi connectivity index (χ1v) is 11.7. The lowest BCUT2D eigenvalue weighted by molar-refractivity contribution is -0.110. The number of rotatable bonds is 12. The van der Waals surface area contributed by atoms with Gasteiger partial charge < -0.3 is 34.4 Å². The molecule has 3 atom stereocenters. The molecule has 0 bridgehead atoms. The van der Waals surface area contributed by atoms with E-state index in [0.717, 1.165) is 16.9 Å². The van der Waals surface area contributed by atoms with Crippen LogP contribution in [-0.4, -0.2) is 49.9 Å². The van der Waals surface area contributed by atoms with E-state index in [9.17, 15) is 14.4 Å². The number of aldehydes is 1. The number of ether oxygens (including phenoxy) is 4. The molecule has 0 spiro atoms. The molecule has 2 aromatic rings. The maximum absolute atomic E-state index is 12.5. The molecular weight excluding hydrogens is 464 g/mol. The third kappa shape index (κ3) is 10.4. The zero-order valence-corrected chi connectivity index (χ0v) is 21.5. The highest BCUT2D eigenvalue weighted by atomic mass is 16.6. The van der Waals surface area contributed by atoms with Gasteiger partial charge in [0.2, 0.25) is 0 Å². The molecule has 36 heavy (non-hydrogen) atoms. The lowest BCUT2D eigenvalue weighted by atomic mass is 9.96. The third-order valence-electron chi connectivity index (χ3n) is 5.14. The molecule has 0 aliphatic heterocycles. The summed E-state index contributed by atoms with van der Waals surface area (Å²) < 4.78 is 21.6. The van der Waals surface area contributed by atoms with Gasteiger partial charge in [-0.25, -0.2) is 9.59 Å². The Morgan fingerprint density at radius 2 is 1.56 bits per heavy atom. The van der Waals surface area contributed by atoms with E-state index in [0.29, 0.717) is 12.9 Å². The molecule has 2 aromatic carbocycles. The summed E-state index contributed by atoms with van der Waals surface area (Å²) in [5.41, 5.74) is 1.01. The Morgan fingerprint density at radius 1 is 0.917 bits per heavy atom. The van der Waals surface area contributed by atoms with E-state index in [4.69, 9.17) is 18.9 Å². The predicted octanol–water partition coefficient (Wildman–Crippen LogP) is 4.24.